The molecule has 0 unspecified atom stereocenters. The molecule has 0 spiro atoms. The molecule has 1 fully saturated rings. The van der Waals surface area contributed by atoms with Gasteiger partial charge >= 0.3 is 0 Å². The summed E-state index contributed by atoms with van der Waals surface area (Å²) in [7, 11) is 1.49. The number of amides is 2. The van der Waals surface area contributed by atoms with Crippen LogP contribution in [0.1, 0.15) is 26.3 Å². The first-order chi connectivity index (χ1) is 15.0. The van der Waals surface area contributed by atoms with Gasteiger partial charge in [0.25, 0.3) is 0 Å². The Morgan fingerprint density at radius 1 is 1.34 bits per heavy atom. The van der Waals surface area contributed by atoms with Crippen LogP contribution in [0.3, 0.4) is 0 Å². The zero-order chi connectivity index (χ0) is 23.6. The molecule has 3 rings (SSSR count). The second-order valence-electron chi connectivity index (χ2n) is 9.13. The third-order valence-electron chi connectivity index (χ3n) is 5.96. The fraction of sp³-hybridized carbons (Fsp3) is 0.545. The Morgan fingerprint density at radius 3 is 2.66 bits per heavy atom. The van der Waals surface area contributed by atoms with E-state index in [0.29, 0.717) is 48.5 Å². The van der Waals surface area contributed by atoms with Crippen LogP contribution in [0.4, 0.5) is 9.18 Å². The number of likely N-dealkylation sites (tertiary alicyclic amines) is 1. The van der Waals surface area contributed by atoms with E-state index in [2.05, 4.69) is 9.97 Å². The van der Waals surface area contributed by atoms with Gasteiger partial charge in [-0.1, -0.05) is 0 Å². The number of hydrogen-bond donors (Lipinski definition) is 1. The minimum absolute atomic E-state index is 0.140. The highest BCUT2D eigenvalue weighted by Crippen LogP contribution is 2.28. The third kappa shape index (κ3) is 5.07. The van der Waals surface area contributed by atoms with Gasteiger partial charge in [0.1, 0.15) is 11.9 Å². The number of pyridine rings is 2. The van der Waals surface area contributed by atoms with Crippen LogP contribution in [0.5, 0.6) is 5.88 Å². The SMILES string of the molecule is COc1ccc2ncc(F)c(CCN3C[C@@H](CN(C(=O)[O-])C(C)(C)C)[C@H](C(N)=O)C3)c2n1. The Bertz CT molecular complexity index is 1010. The van der Waals surface area contributed by atoms with Gasteiger partial charge < -0.3 is 30.2 Å². The number of ether oxygens (including phenoxy) is 1. The number of carboxylic acid groups (broad SMARTS) is 1. The molecule has 1 aliphatic rings. The lowest BCUT2D eigenvalue weighted by molar-refractivity contribution is -0.271. The average molecular weight is 447 g/mol. The predicted octanol–water partition coefficient (Wildman–Crippen LogP) is 0.797. The normalized spacial score (nSPS) is 19.3. The van der Waals surface area contributed by atoms with Crippen molar-refractivity contribution in [3.8, 4) is 5.88 Å². The van der Waals surface area contributed by atoms with E-state index in [4.69, 9.17) is 10.5 Å². The minimum Gasteiger partial charge on any atom is -0.530 e. The third-order valence-corrected chi connectivity index (χ3v) is 5.96. The van der Waals surface area contributed by atoms with Gasteiger partial charge in [-0.15, -0.1) is 0 Å². The number of nitrogens with zero attached hydrogens (tertiary/aromatic N) is 4. The van der Waals surface area contributed by atoms with Gasteiger partial charge in [0.15, 0.2) is 0 Å². The standard InChI is InChI=1S/C22H30FN5O4/c1-22(2,3)28(21(30)31)11-13-10-27(12-15(13)20(24)29)8-7-14-16(23)9-25-17-5-6-18(32-4)26-19(14)17/h5-6,9,13,15H,7-8,10-12H2,1-4H3,(H2,24,29)(H,30,31)/p-1/t13-,15+/m0/s1. The highest BCUT2D eigenvalue weighted by Gasteiger charge is 2.38. The van der Waals surface area contributed by atoms with Gasteiger partial charge in [0, 0.05) is 49.3 Å². The van der Waals surface area contributed by atoms with Crippen molar-refractivity contribution in [1.82, 2.24) is 19.8 Å². The molecule has 0 aromatic carbocycles. The fourth-order valence-electron chi connectivity index (χ4n) is 4.21. The molecule has 174 valence electrons. The molecule has 2 atom stereocenters. The lowest BCUT2D eigenvalue weighted by atomic mass is 9.93. The van der Waals surface area contributed by atoms with Crippen LogP contribution in [-0.4, -0.2) is 70.6 Å². The molecule has 2 aromatic heterocycles. The summed E-state index contributed by atoms with van der Waals surface area (Å²) in [6, 6.07) is 3.39. The summed E-state index contributed by atoms with van der Waals surface area (Å²) in [4.78, 5) is 35.3. The largest absolute Gasteiger partial charge is 0.530 e. The molecule has 2 amide bonds. The molecule has 0 radical (unpaired) electrons. The fourth-order valence-corrected chi connectivity index (χ4v) is 4.21. The van der Waals surface area contributed by atoms with Crippen molar-refractivity contribution >= 4 is 23.0 Å². The number of fused-ring (bicyclic) bond motifs is 1. The molecule has 2 N–H and O–H groups in total. The molecule has 1 saturated heterocycles. The second kappa shape index (κ2) is 9.23. The Balaban J connectivity index is 1.77. The topological polar surface area (TPSA) is 125 Å². The summed E-state index contributed by atoms with van der Waals surface area (Å²) in [6.45, 7) is 6.76. The molecule has 10 heteroatoms. The molecule has 1 aliphatic heterocycles. The molecule has 32 heavy (non-hydrogen) atoms. The van der Waals surface area contributed by atoms with Gasteiger partial charge in [-0.25, -0.2) is 9.37 Å². The monoisotopic (exact) mass is 446 g/mol. The summed E-state index contributed by atoms with van der Waals surface area (Å²) in [5.41, 5.74) is 6.35. The number of carbonyl (C=O) groups is 2. The first kappa shape index (κ1) is 23.6. The number of methoxy groups -OCH3 is 1. The van der Waals surface area contributed by atoms with Crippen molar-refractivity contribution in [3.63, 3.8) is 0 Å². The molecule has 3 heterocycles. The summed E-state index contributed by atoms with van der Waals surface area (Å²) in [5, 5.41) is 11.6. The number of carbonyl (C=O) groups excluding carboxylic acids is 2. The van der Waals surface area contributed by atoms with E-state index < -0.39 is 29.3 Å². The maximum Gasteiger partial charge on any atom is 0.222 e. The van der Waals surface area contributed by atoms with Crippen LogP contribution >= 0.6 is 0 Å². The zero-order valence-electron chi connectivity index (χ0n) is 18.8. The van der Waals surface area contributed by atoms with Crippen LogP contribution in [-0.2, 0) is 11.2 Å². The van der Waals surface area contributed by atoms with Crippen LogP contribution in [0.15, 0.2) is 18.3 Å². The number of rotatable bonds is 7. The van der Waals surface area contributed by atoms with Gasteiger partial charge in [0.05, 0.1) is 30.3 Å². The van der Waals surface area contributed by atoms with E-state index in [1.165, 1.54) is 18.2 Å². The van der Waals surface area contributed by atoms with Gasteiger partial charge in [-0.05, 0) is 33.3 Å². The lowest BCUT2D eigenvalue weighted by Gasteiger charge is -2.40. The summed E-state index contributed by atoms with van der Waals surface area (Å²) in [5.74, 6) is -1.35. The van der Waals surface area contributed by atoms with Crippen molar-refractivity contribution in [1.29, 1.82) is 0 Å². The molecule has 9 nitrogen and oxygen atoms in total. The van der Waals surface area contributed by atoms with Crippen LogP contribution in [0.2, 0.25) is 0 Å². The maximum atomic E-state index is 14.6. The molecule has 0 aliphatic carbocycles. The van der Waals surface area contributed by atoms with Crippen LogP contribution in [0, 0.1) is 17.7 Å². The van der Waals surface area contributed by atoms with Crippen molar-refractivity contribution in [3.05, 3.63) is 29.7 Å². The van der Waals surface area contributed by atoms with E-state index in [1.54, 1.807) is 32.9 Å². The Morgan fingerprint density at radius 2 is 2.06 bits per heavy atom. The Kier molecular flexibility index (Phi) is 6.82. The van der Waals surface area contributed by atoms with E-state index in [9.17, 15) is 19.1 Å². The number of nitrogens with two attached hydrogens (primary N) is 1. The zero-order valence-corrected chi connectivity index (χ0v) is 18.8. The predicted molar refractivity (Wildman–Crippen MR) is 114 cm³/mol. The van der Waals surface area contributed by atoms with Crippen LogP contribution in [0.25, 0.3) is 11.0 Å². The highest BCUT2D eigenvalue weighted by molar-refractivity contribution is 5.79. The van der Waals surface area contributed by atoms with E-state index in [0.717, 1.165) is 0 Å². The molecular weight excluding hydrogens is 417 g/mol. The summed E-state index contributed by atoms with van der Waals surface area (Å²) >= 11 is 0. The molecule has 2 aromatic rings. The number of primary amides is 1. The lowest BCUT2D eigenvalue weighted by Crippen LogP contribution is -2.54. The maximum absolute atomic E-state index is 14.6. The number of aromatic nitrogens is 2. The van der Waals surface area contributed by atoms with E-state index in [-0.39, 0.29) is 12.5 Å². The van der Waals surface area contributed by atoms with Crippen molar-refractivity contribution in [2.75, 3.05) is 33.3 Å². The van der Waals surface area contributed by atoms with Gasteiger partial charge in [0.2, 0.25) is 11.8 Å². The molecule has 0 saturated carbocycles. The Labute approximate surface area is 186 Å². The average Bonchev–Trinajstić information content (AvgIpc) is 3.13. The first-order valence-electron chi connectivity index (χ1n) is 10.5. The number of hydrogen-bond acceptors (Lipinski definition) is 7. The smallest absolute Gasteiger partial charge is 0.222 e. The van der Waals surface area contributed by atoms with Gasteiger partial charge in [-0.2, -0.15) is 0 Å². The highest BCUT2D eigenvalue weighted by atomic mass is 19.1. The van der Waals surface area contributed by atoms with E-state index >= 15 is 0 Å². The second-order valence-corrected chi connectivity index (χ2v) is 9.13. The van der Waals surface area contributed by atoms with Crippen molar-refractivity contribution in [2.24, 2.45) is 17.6 Å². The summed E-state index contributed by atoms with van der Waals surface area (Å²) < 4.78 is 19.7. The van der Waals surface area contributed by atoms with Gasteiger partial charge in [-0.3, -0.25) is 9.78 Å². The van der Waals surface area contributed by atoms with Crippen molar-refractivity contribution in [2.45, 2.75) is 32.7 Å². The Hall–Kier alpha value is -3.01. The summed E-state index contributed by atoms with van der Waals surface area (Å²) in [6.07, 6.45) is 0.225. The van der Waals surface area contributed by atoms with E-state index in [1.807, 2.05) is 4.90 Å². The number of halogens is 1. The molecule has 0 bridgehead atoms. The molecular formula is C22H29FN5O4-. The minimum atomic E-state index is -1.29. The first-order valence-corrected chi connectivity index (χ1v) is 10.5. The quantitative estimate of drug-likeness (QED) is 0.667. The van der Waals surface area contributed by atoms with Crippen molar-refractivity contribution < 1.29 is 23.8 Å². The van der Waals surface area contributed by atoms with Crippen LogP contribution < -0.4 is 15.6 Å².